The average molecular weight is 501 g/mol. The van der Waals surface area contributed by atoms with Gasteiger partial charge in [0.15, 0.2) is 0 Å². The SMILES string of the molecule is CC(C)Cc1cc2c(c(C(C)(C)C)c1)OP(P)Oc1c(cc(C(C)(C)C)cc1C(C)(C)C)C2C. The van der Waals surface area contributed by atoms with Gasteiger partial charge in [0.25, 0.3) is 0 Å². The van der Waals surface area contributed by atoms with Crippen molar-refractivity contribution in [2.75, 3.05) is 0 Å². The summed E-state index contributed by atoms with van der Waals surface area (Å²) in [5.41, 5.74) is 7.85. The van der Waals surface area contributed by atoms with E-state index in [9.17, 15) is 0 Å². The van der Waals surface area contributed by atoms with Crippen LogP contribution in [0.25, 0.3) is 0 Å². The quantitative estimate of drug-likeness (QED) is 0.382. The molecule has 1 aliphatic rings. The Labute approximate surface area is 212 Å². The molecule has 34 heavy (non-hydrogen) atoms. The molecule has 0 aliphatic carbocycles. The summed E-state index contributed by atoms with van der Waals surface area (Å²) < 4.78 is 13.3. The van der Waals surface area contributed by atoms with Crippen molar-refractivity contribution in [2.45, 2.75) is 112 Å². The highest BCUT2D eigenvalue weighted by molar-refractivity contribution is 8.08. The van der Waals surface area contributed by atoms with E-state index in [1.54, 1.807) is 0 Å². The normalized spacial score (nSPS) is 19.0. The second-order valence-electron chi connectivity index (χ2n) is 13.5. The zero-order valence-electron chi connectivity index (χ0n) is 23.5. The van der Waals surface area contributed by atoms with Crippen LogP contribution in [0.5, 0.6) is 11.5 Å². The molecule has 0 radical (unpaired) electrons. The fourth-order valence-electron chi connectivity index (χ4n) is 4.71. The first kappa shape index (κ1) is 27.5. The van der Waals surface area contributed by atoms with Crippen LogP contribution in [0.2, 0.25) is 0 Å². The van der Waals surface area contributed by atoms with Gasteiger partial charge in [-0.2, -0.15) is 0 Å². The van der Waals surface area contributed by atoms with Gasteiger partial charge in [-0.25, -0.2) is 0 Å². The molecule has 0 N–H and O–H groups in total. The number of hydrogen-bond donors (Lipinski definition) is 0. The lowest BCUT2D eigenvalue weighted by Crippen LogP contribution is -2.21. The summed E-state index contributed by atoms with van der Waals surface area (Å²) in [6.45, 7) is 27.5. The van der Waals surface area contributed by atoms with E-state index >= 15 is 0 Å². The molecular formula is C30H46O2P2. The topological polar surface area (TPSA) is 18.5 Å². The monoisotopic (exact) mass is 500 g/mol. The van der Waals surface area contributed by atoms with Crippen molar-refractivity contribution in [3.63, 3.8) is 0 Å². The van der Waals surface area contributed by atoms with E-state index in [-0.39, 0.29) is 22.2 Å². The molecule has 3 atom stereocenters. The summed E-state index contributed by atoms with van der Waals surface area (Å²) >= 11 is 0. The van der Waals surface area contributed by atoms with Crippen molar-refractivity contribution in [2.24, 2.45) is 5.92 Å². The minimum atomic E-state index is -1.20. The van der Waals surface area contributed by atoms with Gasteiger partial charge in [0.05, 0.1) is 0 Å². The van der Waals surface area contributed by atoms with E-state index in [0.717, 1.165) is 17.9 Å². The molecule has 3 unspecified atom stereocenters. The van der Waals surface area contributed by atoms with Crippen LogP contribution in [-0.4, -0.2) is 0 Å². The van der Waals surface area contributed by atoms with Crippen molar-refractivity contribution < 1.29 is 9.05 Å². The third-order valence-corrected chi connectivity index (χ3v) is 8.07. The zero-order chi connectivity index (χ0) is 25.8. The van der Waals surface area contributed by atoms with E-state index in [1.165, 1.54) is 33.4 Å². The lowest BCUT2D eigenvalue weighted by molar-refractivity contribution is 0.454. The molecule has 0 amide bonds. The van der Waals surface area contributed by atoms with Crippen LogP contribution in [-0.2, 0) is 22.7 Å². The summed E-state index contributed by atoms with van der Waals surface area (Å²) in [7, 11) is 1.64. The predicted molar refractivity (Wildman–Crippen MR) is 153 cm³/mol. The van der Waals surface area contributed by atoms with Crippen molar-refractivity contribution >= 4 is 17.0 Å². The van der Waals surface area contributed by atoms with Crippen molar-refractivity contribution in [1.29, 1.82) is 0 Å². The predicted octanol–water partition coefficient (Wildman–Crippen LogP) is 9.80. The summed E-state index contributed by atoms with van der Waals surface area (Å²) in [4.78, 5) is 0. The first-order valence-corrected chi connectivity index (χ1v) is 15.5. The van der Waals surface area contributed by atoms with Crippen LogP contribution >= 0.6 is 17.0 Å². The largest absolute Gasteiger partial charge is 0.435 e. The van der Waals surface area contributed by atoms with Gasteiger partial charge in [-0.1, -0.05) is 107 Å². The molecule has 1 aliphatic heterocycles. The van der Waals surface area contributed by atoms with Gasteiger partial charge in [-0.05, 0) is 48.6 Å². The smallest absolute Gasteiger partial charge is 0.307 e. The molecule has 2 aromatic carbocycles. The Morgan fingerprint density at radius 1 is 0.765 bits per heavy atom. The Kier molecular flexibility index (Phi) is 7.61. The number of fused-ring (bicyclic) bond motifs is 2. The molecule has 188 valence electrons. The molecule has 0 saturated heterocycles. The fourth-order valence-corrected chi connectivity index (χ4v) is 6.15. The first-order chi connectivity index (χ1) is 15.4. The van der Waals surface area contributed by atoms with Crippen molar-refractivity contribution in [1.82, 2.24) is 0 Å². The highest BCUT2D eigenvalue weighted by Gasteiger charge is 2.34. The molecule has 0 spiro atoms. The molecular weight excluding hydrogens is 454 g/mol. The highest BCUT2D eigenvalue weighted by atomic mass is 32.0. The van der Waals surface area contributed by atoms with Crippen molar-refractivity contribution in [3.8, 4) is 11.5 Å². The molecule has 0 aromatic heterocycles. The molecule has 0 bridgehead atoms. The average Bonchev–Trinajstić information content (AvgIpc) is 2.64. The number of hydrogen-bond acceptors (Lipinski definition) is 2. The van der Waals surface area contributed by atoms with Crippen LogP contribution in [0.15, 0.2) is 24.3 Å². The standard InChI is InChI=1S/C30H46O2P2/c1-18(2)13-20-14-22-19(3)23-16-21(28(4,5)6)17-25(30(10,11)12)27(23)32-34(33)31-26(22)24(15-20)29(7,8)9/h14-19H,13,33H2,1-12H3. The number of benzene rings is 2. The molecule has 0 fully saturated rings. The van der Waals surface area contributed by atoms with E-state index in [0.29, 0.717) is 5.92 Å². The second kappa shape index (κ2) is 9.41. The maximum atomic E-state index is 6.66. The van der Waals surface area contributed by atoms with Gasteiger partial charge >= 0.3 is 8.06 Å². The summed E-state index contributed by atoms with van der Waals surface area (Å²) in [5.74, 6) is 2.78. The van der Waals surface area contributed by atoms with E-state index in [4.69, 9.17) is 9.05 Å². The fraction of sp³-hybridized carbons (Fsp3) is 0.600. The molecule has 1 heterocycles. The molecule has 3 rings (SSSR count). The third-order valence-electron chi connectivity index (χ3n) is 6.72. The van der Waals surface area contributed by atoms with Crippen LogP contribution in [0.3, 0.4) is 0 Å². The first-order valence-electron chi connectivity index (χ1n) is 12.7. The van der Waals surface area contributed by atoms with E-state index in [2.05, 4.69) is 116 Å². The van der Waals surface area contributed by atoms with Gasteiger partial charge in [-0.3, -0.25) is 0 Å². The molecule has 2 aromatic rings. The Hall–Kier alpha value is -1.10. The highest BCUT2D eigenvalue weighted by Crippen LogP contribution is 2.57. The van der Waals surface area contributed by atoms with Crippen LogP contribution in [0.4, 0.5) is 0 Å². The maximum absolute atomic E-state index is 6.66. The summed E-state index contributed by atoms with van der Waals surface area (Å²) in [6.07, 6.45) is 1.07. The van der Waals surface area contributed by atoms with Gasteiger partial charge in [0.2, 0.25) is 0 Å². The minimum Gasteiger partial charge on any atom is -0.435 e. The van der Waals surface area contributed by atoms with E-state index in [1.807, 2.05) is 0 Å². The zero-order valence-corrected chi connectivity index (χ0v) is 25.6. The Morgan fingerprint density at radius 2 is 1.24 bits per heavy atom. The van der Waals surface area contributed by atoms with Crippen LogP contribution in [0.1, 0.15) is 122 Å². The summed E-state index contributed by atoms with van der Waals surface area (Å²) in [5, 5.41) is 0. The van der Waals surface area contributed by atoms with E-state index < -0.39 is 8.06 Å². The minimum absolute atomic E-state index is 0.0243. The lowest BCUT2D eigenvalue weighted by Gasteiger charge is -2.35. The molecule has 2 nitrogen and oxygen atoms in total. The van der Waals surface area contributed by atoms with Crippen LogP contribution in [0, 0.1) is 5.92 Å². The molecule has 0 saturated carbocycles. The van der Waals surface area contributed by atoms with Gasteiger partial charge < -0.3 is 9.05 Å². The summed E-state index contributed by atoms with van der Waals surface area (Å²) in [6, 6.07) is 9.52. The van der Waals surface area contributed by atoms with Crippen molar-refractivity contribution in [3.05, 3.63) is 57.6 Å². The molecule has 4 heteroatoms. The van der Waals surface area contributed by atoms with Gasteiger partial charge in [0.1, 0.15) is 11.5 Å². The maximum Gasteiger partial charge on any atom is 0.307 e. The third kappa shape index (κ3) is 5.82. The van der Waals surface area contributed by atoms with Gasteiger partial charge in [0, 0.05) is 28.2 Å². The Bertz CT molecular complexity index is 1050. The lowest BCUT2D eigenvalue weighted by atomic mass is 9.75. The Balaban J connectivity index is 2.39. The Morgan fingerprint density at radius 3 is 1.68 bits per heavy atom. The second-order valence-corrected chi connectivity index (χ2v) is 15.7. The van der Waals surface area contributed by atoms with Crippen LogP contribution < -0.4 is 9.05 Å². The number of rotatable bonds is 2. The van der Waals surface area contributed by atoms with Gasteiger partial charge in [-0.15, -0.1) is 0 Å².